The van der Waals surface area contributed by atoms with E-state index in [4.69, 9.17) is 0 Å². The van der Waals surface area contributed by atoms with Crippen LogP contribution in [0.25, 0.3) is 0 Å². The monoisotopic (exact) mass is 380 g/mol. The smallest absolute Gasteiger partial charge is 0.255 e. The van der Waals surface area contributed by atoms with E-state index in [1.165, 1.54) is 11.1 Å². The standard InChI is InChI=1S/C23H32N4O/c1-16(2)19-7-6-8-20(17(3)4)22(19)25-21-10-9-18(15-24-21)23(28)27-13-11-26(5)12-14-27/h6-10,15-17H,11-14H2,1-5H3,(H,24,25). The molecule has 1 aromatic heterocycles. The van der Waals surface area contributed by atoms with Gasteiger partial charge in [-0.1, -0.05) is 45.9 Å². The molecule has 0 radical (unpaired) electrons. The van der Waals surface area contributed by atoms with E-state index in [1.54, 1.807) is 6.20 Å². The van der Waals surface area contributed by atoms with Gasteiger partial charge in [-0.15, -0.1) is 0 Å². The molecule has 0 bridgehead atoms. The van der Waals surface area contributed by atoms with Crippen molar-refractivity contribution in [2.45, 2.75) is 39.5 Å². The van der Waals surface area contributed by atoms with Crippen LogP contribution in [0.2, 0.25) is 0 Å². The SMILES string of the molecule is CC(C)c1cccc(C(C)C)c1Nc1ccc(C(=O)N2CCN(C)CC2)cn1. The summed E-state index contributed by atoms with van der Waals surface area (Å²) in [5.41, 5.74) is 4.35. The quantitative estimate of drug-likeness (QED) is 0.832. The molecule has 5 nitrogen and oxygen atoms in total. The van der Waals surface area contributed by atoms with E-state index in [2.05, 4.69) is 68.1 Å². The minimum atomic E-state index is 0.0672. The number of pyridine rings is 1. The second kappa shape index (κ2) is 8.74. The zero-order valence-electron chi connectivity index (χ0n) is 17.7. The molecule has 28 heavy (non-hydrogen) atoms. The summed E-state index contributed by atoms with van der Waals surface area (Å²) >= 11 is 0. The highest BCUT2D eigenvalue weighted by Gasteiger charge is 2.21. The second-order valence-electron chi connectivity index (χ2n) is 8.27. The summed E-state index contributed by atoms with van der Waals surface area (Å²) in [5.74, 6) is 1.67. The number of benzene rings is 1. The summed E-state index contributed by atoms with van der Waals surface area (Å²) in [5, 5.41) is 3.51. The predicted molar refractivity (Wildman–Crippen MR) is 116 cm³/mol. The Bertz CT molecular complexity index is 780. The van der Waals surface area contributed by atoms with Crippen molar-refractivity contribution < 1.29 is 4.79 Å². The number of carbonyl (C=O) groups excluding carboxylic acids is 1. The molecular weight excluding hydrogens is 348 g/mol. The van der Waals surface area contributed by atoms with Gasteiger partial charge in [-0.05, 0) is 42.1 Å². The number of amides is 1. The number of hydrogen-bond donors (Lipinski definition) is 1. The molecular formula is C23H32N4O. The number of nitrogens with one attached hydrogen (secondary N) is 1. The predicted octanol–water partition coefficient (Wildman–Crippen LogP) is 4.46. The summed E-state index contributed by atoms with van der Waals surface area (Å²) in [6.07, 6.45) is 1.69. The number of likely N-dealkylation sites (N-methyl/N-ethyl adjacent to an activating group) is 1. The van der Waals surface area contributed by atoms with Gasteiger partial charge in [0.25, 0.3) is 5.91 Å². The first-order valence-electron chi connectivity index (χ1n) is 10.2. The molecule has 0 saturated carbocycles. The molecule has 0 spiro atoms. The van der Waals surface area contributed by atoms with Crippen LogP contribution in [0.15, 0.2) is 36.5 Å². The molecule has 0 aliphatic carbocycles. The summed E-state index contributed by atoms with van der Waals surface area (Å²) < 4.78 is 0. The van der Waals surface area contributed by atoms with Gasteiger partial charge in [0, 0.05) is 38.1 Å². The molecule has 5 heteroatoms. The van der Waals surface area contributed by atoms with Crippen molar-refractivity contribution in [2.75, 3.05) is 38.5 Å². The third kappa shape index (κ3) is 4.53. The highest BCUT2D eigenvalue weighted by Crippen LogP contribution is 2.34. The number of piperazine rings is 1. The maximum Gasteiger partial charge on any atom is 0.255 e. The molecule has 0 atom stereocenters. The first kappa shape index (κ1) is 20.3. The lowest BCUT2D eigenvalue weighted by Gasteiger charge is -2.32. The first-order chi connectivity index (χ1) is 13.4. The average Bonchev–Trinajstić information content (AvgIpc) is 2.68. The van der Waals surface area contributed by atoms with E-state index in [0.29, 0.717) is 17.4 Å². The summed E-state index contributed by atoms with van der Waals surface area (Å²) in [4.78, 5) is 21.4. The van der Waals surface area contributed by atoms with Crippen LogP contribution >= 0.6 is 0 Å². The van der Waals surface area contributed by atoms with Crippen LogP contribution in [0.5, 0.6) is 0 Å². The number of aromatic nitrogens is 1. The second-order valence-corrected chi connectivity index (χ2v) is 8.27. The minimum absolute atomic E-state index is 0.0672. The van der Waals surface area contributed by atoms with Gasteiger partial charge in [0.1, 0.15) is 5.82 Å². The lowest BCUT2D eigenvalue weighted by atomic mass is 9.92. The maximum atomic E-state index is 12.7. The molecule has 1 aromatic carbocycles. The fourth-order valence-electron chi connectivity index (χ4n) is 3.61. The Labute approximate surface area is 168 Å². The van der Waals surface area contributed by atoms with Crippen molar-refractivity contribution in [2.24, 2.45) is 0 Å². The van der Waals surface area contributed by atoms with Gasteiger partial charge in [0.05, 0.1) is 5.56 Å². The molecule has 150 valence electrons. The highest BCUT2D eigenvalue weighted by molar-refractivity contribution is 5.94. The van der Waals surface area contributed by atoms with Crippen LogP contribution in [0.1, 0.15) is 61.0 Å². The van der Waals surface area contributed by atoms with Gasteiger partial charge >= 0.3 is 0 Å². The highest BCUT2D eigenvalue weighted by atomic mass is 16.2. The number of carbonyl (C=O) groups is 1. The van der Waals surface area contributed by atoms with E-state index in [0.717, 1.165) is 37.7 Å². The summed E-state index contributed by atoms with van der Waals surface area (Å²) in [6.45, 7) is 12.2. The van der Waals surface area contributed by atoms with Crippen molar-refractivity contribution in [3.05, 3.63) is 53.2 Å². The van der Waals surface area contributed by atoms with E-state index >= 15 is 0 Å². The summed E-state index contributed by atoms with van der Waals surface area (Å²) in [6, 6.07) is 10.3. The van der Waals surface area contributed by atoms with Crippen LogP contribution in [-0.2, 0) is 0 Å². The van der Waals surface area contributed by atoms with Gasteiger partial charge in [-0.3, -0.25) is 4.79 Å². The first-order valence-corrected chi connectivity index (χ1v) is 10.2. The largest absolute Gasteiger partial charge is 0.340 e. The van der Waals surface area contributed by atoms with Crippen molar-refractivity contribution in [3.8, 4) is 0 Å². The normalized spacial score (nSPS) is 15.3. The number of para-hydroxylation sites is 1. The lowest BCUT2D eigenvalue weighted by molar-refractivity contribution is 0.0663. The van der Waals surface area contributed by atoms with Crippen molar-refractivity contribution >= 4 is 17.4 Å². The lowest BCUT2D eigenvalue weighted by Crippen LogP contribution is -2.47. The molecule has 2 heterocycles. The molecule has 1 N–H and O–H groups in total. The zero-order valence-corrected chi connectivity index (χ0v) is 17.7. The fraction of sp³-hybridized carbons (Fsp3) is 0.478. The van der Waals surface area contributed by atoms with Crippen molar-refractivity contribution in [1.29, 1.82) is 0 Å². The molecule has 1 aliphatic rings. The summed E-state index contributed by atoms with van der Waals surface area (Å²) in [7, 11) is 2.09. The molecule has 3 rings (SSSR count). The van der Waals surface area contributed by atoms with Crippen LogP contribution in [0.4, 0.5) is 11.5 Å². The number of nitrogens with zero attached hydrogens (tertiary/aromatic N) is 3. The molecule has 1 aliphatic heterocycles. The Morgan fingerprint density at radius 2 is 1.57 bits per heavy atom. The van der Waals surface area contributed by atoms with Crippen molar-refractivity contribution in [1.82, 2.24) is 14.8 Å². The van der Waals surface area contributed by atoms with Crippen LogP contribution in [0, 0.1) is 0 Å². The minimum Gasteiger partial charge on any atom is -0.340 e. The van der Waals surface area contributed by atoms with Gasteiger partial charge in [-0.2, -0.15) is 0 Å². The number of anilines is 2. The zero-order chi connectivity index (χ0) is 20.3. The Kier molecular flexibility index (Phi) is 6.35. The van der Waals surface area contributed by atoms with Gasteiger partial charge in [0.2, 0.25) is 0 Å². The molecule has 0 unspecified atom stereocenters. The maximum absolute atomic E-state index is 12.7. The number of hydrogen-bond acceptors (Lipinski definition) is 4. The van der Waals surface area contributed by atoms with Crippen LogP contribution < -0.4 is 5.32 Å². The third-order valence-corrected chi connectivity index (χ3v) is 5.43. The Morgan fingerprint density at radius 1 is 0.964 bits per heavy atom. The van der Waals surface area contributed by atoms with E-state index < -0.39 is 0 Å². The van der Waals surface area contributed by atoms with E-state index in [-0.39, 0.29) is 5.91 Å². The Balaban J connectivity index is 1.79. The Hall–Kier alpha value is -2.40. The van der Waals surface area contributed by atoms with Gasteiger partial charge < -0.3 is 15.1 Å². The van der Waals surface area contributed by atoms with E-state index in [9.17, 15) is 4.79 Å². The topological polar surface area (TPSA) is 48.5 Å². The molecule has 2 aromatic rings. The van der Waals surface area contributed by atoms with Crippen LogP contribution in [0.3, 0.4) is 0 Å². The Morgan fingerprint density at radius 3 is 2.07 bits per heavy atom. The van der Waals surface area contributed by atoms with Gasteiger partial charge in [0.15, 0.2) is 0 Å². The van der Waals surface area contributed by atoms with Gasteiger partial charge in [-0.25, -0.2) is 4.98 Å². The third-order valence-electron chi connectivity index (χ3n) is 5.43. The fourth-order valence-corrected chi connectivity index (χ4v) is 3.61. The van der Waals surface area contributed by atoms with Crippen molar-refractivity contribution in [3.63, 3.8) is 0 Å². The number of rotatable bonds is 5. The average molecular weight is 381 g/mol. The molecule has 1 amide bonds. The molecule has 1 fully saturated rings. The van der Waals surface area contributed by atoms with E-state index in [1.807, 2.05) is 17.0 Å². The van der Waals surface area contributed by atoms with Crippen LogP contribution in [-0.4, -0.2) is 53.9 Å². The molecule has 1 saturated heterocycles.